The second-order valence-corrected chi connectivity index (χ2v) is 6.46. The van der Waals surface area contributed by atoms with E-state index in [4.69, 9.17) is 5.14 Å². The minimum atomic E-state index is -3.59. The molecule has 0 spiro atoms. The summed E-state index contributed by atoms with van der Waals surface area (Å²) >= 11 is 3.09. The smallest absolute Gasteiger partial charge is 0.252 e. The van der Waals surface area contributed by atoms with Gasteiger partial charge in [0, 0.05) is 18.9 Å². The fraction of sp³-hybridized carbons (Fsp3) is 0.500. The fourth-order valence-electron chi connectivity index (χ4n) is 1.79. The van der Waals surface area contributed by atoms with Crippen molar-refractivity contribution in [2.45, 2.75) is 6.42 Å². The van der Waals surface area contributed by atoms with E-state index in [1.54, 1.807) is 0 Å². The van der Waals surface area contributed by atoms with E-state index in [1.807, 2.05) is 0 Å². The van der Waals surface area contributed by atoms with Crippen LogP contribution in [0.15, 0.2) is 10.8 Å². The summed E-state index contributed by atoms with van der Waals surface area (Å²) in [5.41, 5.74) is 0. The van der Waals surface area contributed by atoms with E-state index >= 15 is 0 Å². The van der Waals surface area contributed by atoms with Crippen LogP contribution in [0.4, 0.5) is 5.95 Å². The summed E-state index contributed by atoms with van der Waals surface area (Å²) < 4.78 is 22.4. The first-order valence-electron chi connectivity index (χ1n) is 5.01. The third-order valence-electron chi connectivity index (χ3n) is 2.44. The molecule has 1 aliphatic rings. The first kappa shape index (κ1) is 13.3. The van der Waals surface area contributed by atoms with Crippen LogP contribution in [0.3, 0.4) is 0 Å². The number of sulfonamides is 1. The van der Waals surface area contributed by atoms with Crippen molar-refractivity contribution in [1.82, 2.24) is 15.2 Å². The van der Waals surface area contributed by atoms with Crippen molar-refractivity contribution < 1.29 is 13.2 Å². The summed E-state index contributed by atoms with van der Waals surface area (Å²) in [5, 5.41) is 12.4. The van der Waals surface area contributed by atoms with Crippen LogP contribution in [-0.4, -0.2) is 41.8 Å². The molecule has 0 aromatic carbocycles. The zero-order valence-corrected chi connectivity index (χ0v) is 11.6. The Morgan fingerprint density at radius 2 is 2.22 bits per heavy atom. The van der Waals surface area contributed by atoms with Crippen LogP contribution < -0.4 is 10.0 Å². The minimum absolute atomic E-state index is 0.121. The molecule has 8 nitrogen and oxygen atoms in total. The molecule has 1 aromatic rings. The maximum absolute atomic E-state index is 11.7. The summed E-state index contributed by atoms with van der Waals surface area (Å²) in [4.78, 5) is 17.0. The number of hydrogen-bond acceptors (Lipinski definition) is 6. The molecule has 1 atom stereocenters. The average molecular weight is 336 g/mol. The van der Waals surface area contributed by atoms with Gasteiger partial charge in [-0.15, -0.1) is 10.2 Å². The molecule has 2 rings (SSSR count). The predicted molar refractivity (Wildman–Crippen MR) is 66.0 cm³/mol. The molecule has 2 N–H and O–H groups in total. The lowest BCUT2D eigenvalue weighted by molar-refractivity contribution is -0.117. The molecule has 98 valence electrons. The van der Waals surface area contributed by atoms with Gasteiger partial charge in [-0.25, -0.2) is 18.5 Å². The average Bonchev–Trinajstić information content (AvgIpc) is 2.58. The quantitative estimate of drug-likeness (QED) is 0.778. The van der Waals surface area contributed by atoms with Crippen molar-refractivity contribution in [3.63, 3.8) is 0 Å². The first-order chi connectivity index (χ1) is 8.35. The number of nitrogens with two attached hydrogens (primary N) is 1. The summed E-state index contributed by atoms with van der Waals surface area (Å²) in [6, 6.07) is 0. The number of nitrogens with zero attached hydrogens (tertiary/aromatic N) is 4. The monoisotopic (exact) mass is 335 g/mol. The van der Waals surface area contributed by atoms with Crippen LogP contribution in [0.25, 0.3) is 0 Å². The second-order valence-electron chi connectivity index (χ2n) is 3.98. The Balaban J connectivity index is 2.12. The summed E-state index contributed by atoms with van der Waals surface area (Å²) in [7, 11) is -3.59. The Morgan fingerprint density at radius 1 is 1.50 bits per heavy atom. The number of halogens is 1. The van der Waals surface area contributed by atoms with E-state index in [0.717, 1.165) is 0 Å². The molecule has 2 heterocycles. The first-order valence-corrected chi connectivity index (χ1v) is 7.52. The topological polar surface area (TPSA) is 119 Å². The molecule has 1 unspecified atom stereocenters. The van der Waals surface area contributed by atoms with Gasteiger partial charge in [-0.2, -0.15) is 0 Å². The highest BCUT2D eigenvalue weighted by atomic mass is 79.9. The highest BCUT2D eigenvalue weighted by Gasteiger charge is 2.34. The lowest BCUT2D eigenvalue weighted by Crippen LogP contribution is -2.29. The number of amides is 1. The molecule has 10 heteroatoms. The van der Waals surface area contributed by atoms with Gasteiger partial charge in [0.2, 0.25) is 15.9 Å². The third kappa shape index (κ3) is 3.21. The Bertz CT molecular complexity index is 561. The highest BCUT2D eigenvalue weighted by molar-refractivity contribution is 9.10. The maximum Gasteiger partial charge on any atom is 0.252 e. The van der Waals surface area contributed by atoms with Crippen molar-refractivity contribution in [2.75, 3.05) is 17.2 Å². The van der Waals surface area contributed by atoms with Gasteiger partial charge in [-0.05, 0) is 15.9 Å². The van der Waals surface area contributed by atoms with Gasteiger partial charge in [0.25, 0.3) is 5.95 Å². The van der Waals surface area contributed by atoms with E-state index in [0.29, 0.717) is 4.60 Å². The van der Waals surface area contributed by atoms with Gasteiger partial charge in [0.15, 0.2) is 0 Å². The lowest BCUT2D eigenvalue weighted by Gasteiger charge is -2.13. The Morgan fingerprint density at radius 3 is 2.78 bits per heavy atom. The van der Waals surface area contributed by atoms with Gasteiger partial charge >= 0.3 is 0 Å². The van der Waals surface area contributed by atoms with Crippen LogP contribution in [0.5, 0.6) is 0 Å². The number of carbonyl (C=O) groups excluding carboxylic acids is 1. The van der Waals surface area contributed by atoms with Crippen LogP contribution in [0, 0.1) is 5.92 Å². The number of anilines is 1. The van der Waals surface area contributed by atoms with Gasteiger partial charge in [-0.1, -0.05) is 0 Å². The number of aromatic nitrogens is 3. The van der Waals surface area contributed by atoms with E-state index in [1.165, 1.54) is 11.1 Å². The Hall–Kier alpha value is -1.13. The van der Waals surface area contributed by atoms with Gasteiger partial charge in [-0.3, -0.25) is 9.69 Å². The van der Waals surface area contributed by atoms with Crippen LogP contribution in [0.2, 0.25) is 0 Å². The maximum atomic E-state index is 11.7. The second kappa shape index (κ2) is 4.86. The molecule has 0 bridgehead atoms. The molecule has 1 fully saturated rings. The largest absolute Gasteiger partial charge is 0.279 e. The highest BCUT2D eigenvalue weighted by Crippen LogP contribution is 2.22. The Labute approximate surface area is 112 Å². The molecule has 1 aliphatic heterocycles. The predicted octanol–water partition coefficient (Wildman–Crippen LogP) is -0.724. The molecule has 18 heavy (non-hydrogen) atoms. The molecule has 1 amide bonds. The summed E-state index contributed by atoms with van der Waals surface area (Å²) in [5.74, 6) is -0.619. The summed E-state index contributed by atoms with van der Waals surface area (Å²) in [6.07, 6.45) is 1.54. The van der Waals surface area contributed by atoms with Crippen LogP contribution >= 0.6 is 15.9 Å². The molecule has 1 aromatic heterocycles. The standard InChI is InChI=1S/C8H10BrN5O3S/c9-6-2-11-8(13-12-6)14-3-5(1-7(14)15)4-18(10,16)17/h2,5H,1,3-4H2,(H2,10,16,17). The number of primary sulfonamides is 1. The SMILES string of the molecule is NS(=O)(=O)CC1CC(=O)N(c2ncc(Br)nn2)C1. The molecular weight excluding hydrogens is 326 g/mol. The normalized spacial score (nSPS) is 20.4. The Kier molecular flexibility index (Phi) is 3.59. The van der Waals surface area contributed by atoms with Gasteiger partial charge in [0.1, 0.15) is 4.60 Å². The van der Waals surface area contributed by atoms with E-state index in [-0.39, 0.29) is 36.5 Å². The number of hydrogen-bond donors (Lipinski definition) is 1. The van der Waals surface area contributed by atoms with Crippen molar-refractivity contribution >= 4 is 37.8 Å². The van der Waals surface area contributed by atoms with Gasteiger partial charge < -0.3 is 0 Å². The molecular formula is C8H10BrN5O3S. The molecule has 1 saturated heterocycles. The van der Waals surface area contributed by atoms with Crippen molar-refractivity contribution in [1.29, 1.82) is 0 Å². The van der Waals surface area contributed by atoms with Crippen LogP contribution in [-0.2, 0) is 14.8 Å². The zero-order valence-electron chi connectivity index (χ0n) is 9.15. The van der Waals surface area contributed by atoms with Crippen molar-refractivity contribution in [3.8, 4) is 0 Å². The van der Waals surface area contributed by atoms with Gasteiger partial charge in [0.05, 0.1) is 11.9 Å². The lowest BCUT2D eigenvalue weighted by atomic mass is 10.1. The molecule has 0 radical (unpaired) electrons. The zero-order chi connectivity index (χ0) is 13.3. The molecule has 0 saturated carbocycles. The minimum Gasteiger partial charge on any atom is -0.279 e. The van der Waals surface area contributed by atoms with E-state index in [2.05, 4.69) is 31.1 Å². The number of carbonyl (C=O) groups is 1. The number of rotatable bonds is 3. The van der Waals surface area contributed by atoms with E-state index in [9.17, 15) is 13.2 Å². The van der Waals surface area contributed by atoms with Crippen molar-refractivity contribution in [3.05, 3.63) is 10.8 Å². The molecule has 0 aliphatic carbocycles. The fourth-order valence-corrected chi connectivity index (χ4v) is 2.86. The van der Waals surface area contributed by atoms with E-state index < -0.39 is 10.0 Å². The third-order valence-corrected chi connectivity index (χ3v) is 3.74. The van der Waals surface area contributed by atoms with Crippen LogP contribution in [0.1, 0.15) is 6.42 Å². The van der Waals surface area contributed by atoms with Crippen molar-refractivity contribution in [2.24, 2.45) is 11.1 Å². The summed E-state index contributed by atoms with van der Waals surface area (Å²) in [6.45, 7) is 0.235.